The van der Waals surface area contributed by atoms with Gasteiger partial charge >= 0.3 is 6.09 Å². The van der Waals surface area contributed by atoms with Crippen molar-refractivity contribution in [3.8, 4) is 0 Å². The second-order valence-electron chi connectivity index (χ2n) is 6.21. The number of rotatable bonds is 6. The van der Waals surface area contributed by atoms with E-state index in [9.17, 15) is 9.59 Å². The quantitative estimate of drug-likeness (QED) is 0.849. The van der Waals surface area contributed by atoms with Crippen molar-refractivity contribution in [1.29, 1.82) is 0 Å². The van der Waals surface area contributed by atoms with Crippen molar-refractivity contribution >= 4 is 23.0 Å². The molecule has 0 aliphatic heterocycles. The van der Waals surface area contributed by atoms with Crippen LogP contribution in [-0.4, -0.2) is 47.1 Å². The molecule has 2 rings (SSSR count). The van der Waals surface area contributed by atoms with Gasteiger partial charge in [-0.3, -0.25) is 4.79 Å². The number of likely N-dealkylation sites (N-methyl/N-ethyl adjacent to an activating group) is 1. The first kappa shape index (κ1) is 17.8. The topological polar surface area (TPSA) is 87.3 Å². The molecule has 2 amide bonds. The number of benzene rings is 1. The summed E-state index contributed by atoms with van der Waals surface area (Å²) < 4.78 is 4.61. The van der Waals surface area contributed by atoms with Gasteiger partial charge in [-0.2, -0.15) is 0 Å². The maximum atomic E-state index is 12.7. The second-order valence-corrected chi connectivity index (χ2v) is 6.21. The Hall–Kier alpha value is -2.57. The Balaban J connectivity index is 2.08. The highest BCUT2D eigenvalue weighted by molar-refractivity contribution is 5.85. The van der Waals surface area contributed by atoms with E-state index in [0.717, 1.165) is 11.0 Å². The van der Waals surface area contributed by atoms with Crippen molar-refractivity contribution in [2.24, 2.45) is 5.92 Å². The monoisotopic (exact) mass is 332 g/mol. The highest BCUT2D eigenvalue weighted by Gasteiger charge is 2.25. The van der Waals surface area contributed by atoms with Crippen LogP contribution >= 0.6 is 0 Å². The van der Waals surface area contributed by atoms with Crippen LogP contribution in [0.25, 0.3) is 11.0 Å². The Morgan fingerprint density at radius 3 is 2.67 bits per heavy atom. The number of para-hydroxylation sites is 2. The van der Waals surface area contributed by atoms with Gasteiger partial charge in [-0.05, 0) is 24.5 Å². The van der Waals surface area contributed by atoms with E-state index in [2.05, 4.69) is 20.0 Å². The van der Waals surface area contributed by atoms with Gasteiger partial charge in [-0.1, -0.05) is 26.0 Å². The Morgan fingerprint density at radius 2 is 2.04 bits per heavy atom. The average molecular weight is 332 g/mol. The molecule has 2 aromatic rings. The average Bonchev–Trinajstić information content (AvgIpc) is 2.94. The fraction of sp³-hybridized carbons (Fsp3) is 0.471. The molecule has 7 nitrogen and oxygen atoms in total. The van der Waals surface area contributed by atoms with Crippen LogP contribution in [0.5, 0.6) is 0 Å². The molecule has 1 heterocycles. The fourth-order valence-electron chi connectivity index (χ4n) is 2.54. The van der Waals surface area contributed by atoms with E-state index in [1.165, 1.54) is 7.11 Å². The Morgan fingerprint density at radius 1 is 1.33 bits per heavy atom. The van der Waals surface area contributed by atoms with Crippen molar-refractivity contribution in [2.45, 2.75) is 32.9 Å². The third-order valence-electron chi connectivity index (χ3n) is 3.68. The molecule has 0 bridgehead atoms. The van der Waals surface area contributed by atoms with E-state index < -0.39 is 12.1 Å². The van der Waals surface area contributed by atoms with Gasteiger partial charge in [-0.15, -0.1) is 0 Å². The summed E-state index contributed by atoms with van der Waals surface area (Å²) in [7, 11) is 2.98. The lowest BCUT2D eigenvalue weighted by molar-refractivity contribution is -0.133. The van der Waals surface area contributed by atoms with Gasteiger partial charge < -0.3 is 19.9 Å². The summed E-state index contributed by atoms with van der Waals surface area (Å²) in [5, 5.41) is 2.61. The number of alkyl carbamates (subject to hydrolysis) is 1. The predicted molar refractivity (Wildman–Crippen MR) is 91.4 cm³/mol. The van der Waals surface area contributed by atoms with Crippen LogP contribution in [0.15, 0.2) is 24.3 Å². The number of imidazole rings is 1. The van der Waals surface area contributed by atoms with Crippen molar-refractivity contribution < 1.29 is 14.3 Å². The van der Waals surface area contributed by atoms with E-state index in [-0.39, 0.29) is 11.8 Å². The second kappa shape index (κ2) is 7.81. The van der Waals surface area contributed by atoms with E-state index >= 15 is 0 Å². The molecule has 0 saturated heterocycles. The van der Waals surface area contributed by atoms with E-state index in [4.69, 9.17) is 0 Å². The zero-order chi connectivity index (χ0) is 17.7. The zero-order valence-corrected chi connectivity index (χ0v) is 14.5. The zero-order valence-electron chi connectivity index (χ0n) is 14.5. The molecular weight excluding hydrogens is 308 g/mol. The summed E-state index contributed by atoms with van der Waals surface area (Å²) in [6.07, 6.45) is -0.0653. The smallest absolute Gasteiger partial charge is 0.407 e. The number of carbonyl (C=O) groups excluding carboxylic acids is 2. The molecule has 2 N–H and O–H groups in total. The van der Waals surface area contributed by atoms with Crippen molar-refractivity contribution in [2.75, 3.05) is 14.2 Å². The number of fused-ring (bicyclic) bond motifs is 1. The number of nitrogens with one attached hydrogen (secondary N) is 2. The summed E-state index contributed by atoms with van der Waals surface area (Å²) in [4.78, 5) is 33.4. The van der Waals surface area contributed by atoms with E-state index in [1.807, 2.05) is 38.1 Å². The molecule has 0 unspecified atom stereocenters. The number of ether oxygens (including phenoxy) is 1. The molecule has 24 heavy (non-hydrogen) atoms. The summed E-state index contributed by atoms with van der Waals surface area (Å²) in [6, 6.07) is 7.08. The first-order chi connectivity index (χ1) is 11.4. The molecular formula is C17H24N4O3. The molecule has 0 saturated carbocycles. The van der Waals surface area contributed by atoms with Crippen LogP contribution in [0.1, 0.15) is 26.1 Å². The minimum atomic E-state index is -0.619. The lowest BCUT2D eigenvalue weighted by Crippen LogP contribution is -2.47. The summed E-state index contributed by atoms with van der Waals surface area (Å²) >= 11 is 0. The van der Waals surface area contributed by atoms with Crippen molar-refractivity contribution in [3.63, 3.8) is 0 Å². The molecule has 130 valence electrons. The maximum Gasteiger partial charge on any atom is 0.407 e. The van der Waals surface area contributed by atoms with Gasteiger partial charge in [0.1, 0.15) is 11.9 Å². The molecule has 1 aromatic heterocycles. The fourth-order valence-corrected chi connectivity index (χ4v) is 2.54. The lowest BCUT2D eigenvalue weighted by Gasteiger charge is -2.24. The molecule has 0 radical (unpaired) electrons. The molecule has 1 aromatic carbocycles. The van der Waals surface area contributed by atoms with Crippen molar-refractivity contribution in [1.82, 2.24) is 20.2 Å². The van der Waals surface area contributed by atoms with Gasteiger partial charge in [0.05, 0.1) is 24.7 Å². The number of methoxy groups -OCH3 is 1. The first-order valence-electron chi connectivity index (χ1n) is 7.93. The molecule has 0 aliphatic carbocycles. The van der Waals surface area contributed by atoms with Crippen LogP contribution in [0.3, 0.4) is 0 Å². The number of H-pyrrole nitrogens is 1. The molecule has 0 aliphatic rings. The number of carbonyl (C=O) groups is 2. The number of aromatic amines is 1. The van der Waals surface area contributed by atoms with Crippen LogP contribution in [0.4, 0.5) is 4.79 Å². The van der Waals surface area contributed by atoms with Gasteiger partial charge in [-0.25, -0.2) is 9.78 Å². The van der Waals surface area contributed by atoms with Crippen LogP contribution < -0.4 is 5.32 Å². The van der Waals surface area contributed by atoms with Crippen molar-refractivity contribution in [3.05, 3.63) is 30.1 Å². The standard InChI is InChI=1S/C17H24N4O3/c1-11(2)9-14(20-17(23)24-4)16(22)21(3)10-15-18-12-7-5-6-8-13(12)19-15/h5-8,11,14H,9-10H2,1-4H3,(H,18,19)(H,20,23)/t14-/m1/s1. The Bertz CT molecular complexity index is 678. The maximum absolute atomic E-state index is 12.7. The molecule has 0 fully saturated rings. The number of hydrogen-bond donors (Lipinski definition) is 2. The number of hydrogen-bond acceptors (Lipinski definition) is 4. The number of amides is 2. The van der Waals surface area contributed by atoms with Crippen LogP contribution in [-0.2, 0) is 16.1 Å². The van der Waals surface area contributed by atoms with E-state index in [0.29, 0.717) is 18.8 Å². The first-order valence-corrected chi connectivity index (χ1v) is 7.93. The summed E-state index contributed by atoms with van der Waals surface area (Å²) in [6.45, 7) is 4.34. The third kappa shape index (κ3) is 4.47. The number of nitrogens with zero attached hydrogens (tertiary/aromatic N) is 2. The highest BCUT2D eigenvalue weighted by atomic mass is 16.5. The largest absolute Gasteiger partial charge is 0.453 e. The third-order valence-corrected chi connectivity index (χ3v) is 3.68. The summed E-state index contributed by atoms with van der Waals surface area (Å²) in [5.74, 6) is 0.790. The SMILES string of the molecule is COC(=O)N[C@H](CC(C)C)C(=O)N(C)Cc1nc2ccccc2[nH]1. The van der Waals surface area contributed by atoms with Gasteiger partial charge in [0.2, 0.25) is 5.91 Å². The lowest BCUT2D eigenvalue weighted by atomic mass is 10.0. The summed E-state index contributed by atoms with van der Waals surface area (Å²) in [5.41, 5.74) is 1.79. The molecule has 1 atom stereocenters. The Labute approximate surface area is 141 Å². The van der Waals surface area contributed by atoms with Crippen LogP contribution in [0, 0.1) is 5.92 Å². The minimum Gasteiger partial charge on any atom is -0.453 e. The normalized spacial score (nSPS) is 12.2. The van der Waals surface area contributed by atoms with Gasteiger partial charge in [0.25, 0.3) is 0 Å². The van der Waals surface area contributed by atoms with E-state index in [1.54, 1.807) is 11.9 Å². The number of aromatic nitrogens is 2. The highest BCUT2D eigenvalue weighted by Crippen LogP contribution is 2.13. The van der Waals surface area contributed by atoms with Crippen LogP contribution in [0.2, 0.25) is 0 Å². The molecule has 0 spiro atoms. The predicted octanol–water partition coefficient (Wildman–Crippen LogP) is 2.29. The molecule has 7 heteroatoms. The Kier molecular flexibility index (Phi) is 5.78. The van der Waals surface area contributed by atoms with Gasteiger partial charge in [0.15, 0.2) is 0 Å². The minimum absolute atomic E-state index is 0.172. The van der Waals surface area contributed by atoms with Gasteiger partial charge in [0, 0.05) is 7.05 Å².